The van der Waals surface area contributed by atoms with Crippen LogP contribution < -0.4 is 4.90 Å². The van der Waals surface area contributed by atoms with E-state index < -0.39 is 5.82 Å². The van der Waals surface area contributed by atoms with Gasteiger partial charge in [0.2, 0.25) is 0 Å². The first kappa shape index (κ1) is 12.4. The second kappa shape index (κ2) is 5.13. The first-order valence-corrected chi connectivity index (χ1v) is 7.20. The summed E-state index contributed by atoms with van der Waals surface area (Å²) in [4.78, 5) is 14.5. The van der Waals surface area contributed by atoms with Crippen molar-refractivity contribution >= 4 is 23.3 Å². The highest BCUT2D eigenvalue weighted by atomic mass is 32.1. The van der Waals surface area contributed by atoms with Gasteiger partial charge < -0.3 is 4.90 Å². The van der Waals surface area contributed by atoms with Crippen LogP contribution in [-0.4, -0.2) is 12.3 Å². The molecule has 0 aliphatic heterocycles. The molecule has 98 valence electrons. The number of hydrogen-bond donors (Lipinski definition) is 0. The molecule has 0 atom stereocenters. The normalized spacial score (nSPS) is 14.4. The van der Waals surface area contributed by atoms with E-state index in [2.05, 4.69) is 11.0 Å². The highest BCUT2D eigenvalue weighted by Crippen LogP contribution is 2.35. The van der Waals surface area contributed by atoms with Gasteiger partial charge in [0.05, 0.1) is 17.8 Å². The van der Waals surface area contributed by atoms with E-state index in [4.69, 9.17) is 0 Å². The largest absolute Gasteiger partial charge is 0.363 e. The third-order valence-electron chi connectivity index (χ3n) is 3.35. The Labute approximate surface area is 115 Å². The van der Waals surface area contributed by atoms with Crippen LogP contribution in [-0.2, 0) is 6.54 Å². The lowest BCUT2D eigenvalue weighted by Gasteiger charge is -2.25. The number of rotatable bonds is 5. The quantitative estimate of drug-likeness (QED) is 0.772. The molecule has 3 rings (SSSR count). The van der Waals surface area contributed by atoms with Crippen LogP contribution in [0.5, 0.6) is 0 Å². The number of anilines is 1. The number of aldehydes is 1. The standard InChI is InChI=1S/C15H14FNOS/c16-14-4-1-5-15(13(14)10-18)17(11-6-7-11)9-12-3-2-8-19-12/h1-5,8,10-11H,6-7,9H2. The summed E-state index contributed by atoms with van der Waals surface area (Å²) in [5, 5.41) is 2.03. The van der Waals surface area contributed by atoms with Crippen LogP contribution in [0.1, 0.15) is 28.1 Å². The fraction of sp³-hybridized carbons (Fsp3) is 0.267. The Hall–Kier alpha value is -1.68. The summed E-state index contributed by atoms with van der Waals surface area (Å²) in [5.74, 6) is -0.440. The SMILES string of the molecule is O=Cc1c(F)cccc1N(Cc1cccs1)C1CC1. The molecule has 1 fully saturated rings. The molecular weight excluding hydrogens is 261 g/mol. The van der Waals surface area contributed by atoms with E-state index in [-0.39, 0.29) is 5.56 Å². The summed E-state index contributed by atoms with van der Waals surface area (Å²) in [6.45, 7) is 0.743. The van der Waals surface area contributed by atoms with Gasteiger partial charge in [-0.15, -0.1) is 11.3 Å². The number of benzene rings is 1. The summed E-state index contributed by atoms with van der Waals surface area (Å²) in [6.07, 6.45) is 2.84. The molecular formula is C15H14FNOS. The highest BCUT2D eigenvalue weighted by molar-refractivity contribution is 7.09. The molecule has 1 heterocycles. The highest BCUT2D eigenvalue weighted by Gasteiger charge is 2.31. The molecule has 0 saturated heterocycles. The van der Waals surface area contributed by atoms with Crippen molar-refractivity contribution in [1.82, 2.24) is 0 Å². The van der Waals surface area contributed by atoms with Crippen LogP contribution in [0.3, 0.4) is 0 Å². The number of carbonyl (C=O) groups excluding carboxylic acids is 1. The van der Waals surface area contributed by atoms with Gasteiger partial charge in [-0.2, -0.15) is 0 Å². The zero-order valence-electron chi connectivity index (χ0n) is 10.4. The number of hydrogen-bond acceptors (Lipinski definition) is 3. The van der Waals surface area contributed by atoms with Crippen molar-refractivity contribution in [2.24, 2.45) is 0 Å². The minimum atomic E-state index is -0.440. The fourth-order valence-electron chi connectivity index (χ4n) is 2.26. The number of thiophene rings is 1. The van der Waals surface area contributed by atoms with Crippen molar-refractivity contribution in [3.63, 3.8) is 0 Å². The molecule has 1 aromatic heterocycles. The molecule has 1 aliphatic rings. The van der Waals surface area contributed by atoms with Crippen LogP contribution in [0.15, 0.2) is 35.7 Å². The van der Waals surface area contributed by atoms with Gasteiger partial charge >= 0.3 is 0 Å². The van der Waals surface area contributed by atoms with Gasteiger partial charge in [-0.1, -0.05) is 12.1 Å². The van der Waals surface area contributed by atoms with Crippen LogP contribution in [0.4, 0.5) is 10.1 Å². The summed E-state index contributed by atoms with van der Waals surface area (Å²) < 4.78 is 13.7. The van der Waals surface area contributed by atoms with Gasteiger partial charge in [0, 0.05) is 10.9 Å². The van der Waals surface area contributed by atoms with Crippen LogP contribution in [0, 0.1) is 5.82 Å². The van der Waals surface area contributed by atoms with Gasteiger partial charge in [-0.3, -0.25) is 4.79 Å². The lowest BCUT2D eigenvalue weighted by Crippen LogP contribution is -2.26. The Morgan fingerprint density at radius 3 is 2.79 bits per heavy atom. The molecule has 0 bridgehead atoms. The molecule has 1 aromatic carbocycles. The Bertz CT molecular complexity index is 578. The predicted octanol–water partition coefficient (Wildman–Crippen LogP) is 3.87. The van der Waals surface area contributed by atoms with Crippen LogP contribution in [0.2, 0.25) is 0 Å². The number of halogens is 1. The summed E-state index contributed by atoms with van der Waals surface area (Å²) in [5.41, 5.74) is 0.886. The van der Waals surface area contributed by atoms with E-state index in [0.717, 1.165) is 19.4 Å². The van der Waals surface area contributed by atoms with E-state index in [1.54, 1.807) is 17.4 Å². The van der Waals surface area contributed by atoms with Crippen LogP contribution in [0.25, 0.3) is 0 Å². The Balaban J connectivity index is 1.96. The molecule has 2 nitrogen and oxygen atoms in total. The third-order valence-corrected chi connectivity index (χ3v) is 4.21. The smallest absolute Gasteiger partial charge is 0.155 e. The molecule has 0 spiro atoms. The molecule has 19 heavy (non-hydrogen) atoms. The number of nitrogens with zero attached hydrogens (tertiary/aromatic N) is 1. The van der Waals surface area contributed by atoms with Crippen molar-refractivity contribution in [3.05, 3.63) is 52.0 Å². The maximum atomic E-state index is 13.7. The average Bonchev–Trinajstić information content (AvgIpc) is 3.13. The van der Waals surface area contributed by atoms with E-state index in [9.17, 15) is 9.18 Å². The monoisotopic (exact) mass is 275 g/mol. The minimum Gasteiger partial charge on any atom is -0.363 e. The third kappa shape index (κ3) is 2.54. The summed E-state index contributed by atoms with van der Waals surface area (Å²) >= 11 is 1.69. The van der Waals surface area contributed by atoms with Gasteiger partial charge in [-0.25, -0.2) is 4.39 Å². The first-order chi connectivity index (χ1) is 9.29. The lowest BCUT2D eigenvalue weighted by atomic mass is 10.1. The van der Waals surface area contributed by atoms with Crippen molar-refractivity contribution in [2.45, 2.75) is 25.4 Å². The van der Waals surface area contributed by atoms with Crippen molar-refractivity contribution in [1.29, 1.82) is 0 Å². The molecule has 2 aromatic rings. The molecule has 0 amide bonds. The van der Waals surface area contributed by atoms with E-state index in [1.165, 1.54) is 10.9 Å². The average molecular weight is 275 g/mol. The second-order valence-electron chi connectivity index (χ2n) is 4.73. The Kier molecular flexibility index (Phi) is 3.34. The van der Waals surface area contributed by atoms with Gasteiger partial charge in [0.1, 0.15) is 5.82 Å². The maximum absolute atomic E-state index is 13.7. The molecule has 0 unspecified atom stereocenters. The van der Waals surface area contributed by atoms with Gasteiger partial charge in [0.15, 0.2) is 6.29 Å². The summed E-state index contributed by atoms with van der Waals surface area (Å²) in [6, 6.07) is 9.35. The Morgan fingerprint density at radius 1 is 1.32 bits per heavy atom. The molecule has 1 aliphatic carbocycles. The zero-order chi connectivity index (χ0) is 13.2. The van der Waals surface area contributed by atoms with Gasteiger partial charge in [-0.05, 0) is 36.4 Å². The first-order valence-electron chi connectivity index (χ1n) is 6.32. The minimum absolute atomic E-state index is 0.172. The topological polar surface area (TPSA) is 20.3 Å². The molecule has 1 saturated carbocycles. The maximum Gasteiger partial charge on any atom is 0.155 e. The molecule has 0 radical (unpaired) electrons. The van der Waals surface area contributed by atoms with Crippen LogP contribution >= 0.6 is 11.3 Å². The van der Waals surface area contributed by atoms with Crippen molar-refractivity contribution < 1.29 is 9.18 Å². The predicted molar refractivity (Wildman–Crippen MR) is 75.3 cm³/mol. The van der Waals surface area contributed by atoms with Crippen molar-refractivity contribution in [2.75, 3.05) is 4.90 Å². The molecule has 0 N–H and O–H groups in total. The molecule has 4 heteroatoms. The summed E-state index contributed by atoms with van der Waals surface area (Å²) in [7, 11) is 0. The lowest BCUT2D eigenvalue weighted by molar-refractivity contribution is 0.112. The zero-order valence-corrected chi connectivity index (χ0v) is 11.2. The van der Waals surface area contributed by atoms with E-state index in [0.29, 0.717) is 18.0 Å². The van der Waals surface area contributed by atoms with Crippen molar-refractivity contribution in [3.8, 4) is 0 Å². The van der Waals surface area contributed by atoms with E-state index in [1.807, 2.05) is 17.5 Å². The second-order valence-corrected chi connectivity index (χ2v) is 5.76. The van der Waals surface area contributed by atoms with E-state index >= 15 is 0 Å². The number of carbonyl (C=O) groups is 1. The Morgan fingerprint density at radius 2 is 2.16 bits per heavy atom. The van der Waals surface area contributed by atoms with Gasteiger partial charge in [0.25, 0.3) is 0 Å². The fourth-order valence-corrected chi connectivity index (χ4v) is 2.96.